The van der Waals surface area contributed by atoms with E-state index in [0.717, 1.165) is 36.2 Å². The number of carbonyl (C=O) groups excluding carboxylic acids is 2. The predicted octanol–water partition coefficient (Wildman–Crippen LogP) is 2.82. The smallest absolute Gasteiger partial charge is 0.287 e. The Labute approximate surface area is 169 Å². The molecule has 0 aliphatic carbocycles. The molecule has 3 heterocycles. The van der Waals surface area contributed by atoms with Gasteiger partial charge < -0.3 is 14.8 Å². The number of rotatable bonds is 5. The number of fused-ring (bicyclic) bond motifs is 1. The molecule has 29 heavy (non-hydrogen) atoms. The van der Waals surface area contributed by atoms with E-state index in [1.807, 2.05) is 47.0 Å². The number of hydrogen-bond donors (Lipinski definition) is 1. The highest BCUT2D eigenvalue weighted by Crippen LogP contribution is 2.24. The quantitative estimate of drug-likeness (QED) is 0.728. The SMILES string of the molecule is CN(C(=O)c1nc(C(=O)NCc2ccncc2)n2c1CCCC2)c1ccccc1. The van der Waals surface area contributed by atoms with E-state index in [1.165, 1.54) is 0 Å². The summed E-state index contributed by atoms with van der Waals surface area (Å²) in [6, 6.07) is 13.1. The van der Waals surface area contributed by atoms with Crippen molar-refractivity contribution >= 4 is 17.5 Å². The third kappa shape index (κ3) is 3.89. The number of amides is 2. The van der Waals surface area contributed by atoms with Crippen molar-refractivity contribution < 1.29 is 9.59 Å². The summed E-state index contributed by atoms with van der Waals surface area (Å²) in [7, 11) is 1.73. The van der Waals surface area contributed by atoms with E-state index in [0.29, 0.717) is 24.6 Å². The first-order valence-electron chi connectivity index (χ1n) is 9.75. The van der Waals surface area contributed by atoms with Crippen molar-refractivity contribution in [1.82, 2.24) is 19.9 Å². The fourth-order valence-corrected chi connectivity index (χ4v) is 3.58. The van der Waals surface area contributed by atoms with Crippen LogP contribution in [0.5, 0.6) is 0 Å². The van der Waals surface area contributed by atoms with E-state index in [2.05, 4.69) is 15.3 Å². The molecule has 0 unspecified atom stereocenters. The highest BCUT2D eigenvalue weighted by molar-refractivity contribution is 6.06. The third-order valence-electron chi connectivity index (χ3n) is 5.17. The molecule has 7 nitrogen and oxygen atoms in total. The first kappa shape index (κ1) is 18.9. The van der Waals surface area contributed by atoms with Gasteiger partial charge in [-0.05, 0) is 49.1 Å². The number of aromatic nitrogens is 3. The standard InChI is InChI=1S/C22H23N5O2/c1-26(17-7-3-2-4-8-17)22(29)19-18-9-5-6-14-27(18)20(25-19)21(28)24-15-16-10-12-23-13-11-16/h2-4,7-8,10-13H,5-6,9,14-15H2,1H3,(H,24,28). The van der Waals surface area contributed by atoms with Gasteiger partial charge in [-0.3, -0.25) is 14.6 Å². The Morgan fingerprint density at radius 1 is 1.10 bits per heavy atom. The molecule has 1 aromatic carbocycles. The summed E-state index contributed by atoms with van der Waals surface area (Å²) in [5.74, 6) is -0.167. The first-order chi connectivity index (χ1) is 14.1. The molecule has 2 aromatic heterocycles. The van der Waals surface area contributed by atoms with Crippen LogP contribution in [0.2, 0.25) is 0 Å². The number of carbonyl (C=O) groups is 2. The number of nitrogens with zero attached hydrogens (tertiary/aromatic N) is 4. The lowest BCUT2D eigenvalue weighted by Crippen LogP contribution is -2.28. The van der Waals surface area contributed by atoms with Crippen molar-refractivity contribution in [1.29, 1.82) is 0 Å². The lowest BCUT2D eigenvalue weighted by atomic mass is 10.1. The highest BCUT2D eigenvalue weighted by atomic mass is 16.2. The second-order valence-electron chi connectivity index (χ2n) is 7.08. The van der Waals surface area contributed by atoms with Crippen LogP contribution in [-0.2, 0) is 19.5 Å². The molecular weight excluding hydrogens is 366 g/mol. The van der Waals surface area contributed by atoms with Crippen LogP contribution in [0.1, 0.15) is 45.2 Å². The lowest BCUT2D eigenvalue weighted by Gasteiger charge is -2.19. The second kappa shape index (κ2) is 8.26. The van der Waals surface area contributed by atoms with Gasteiger partial charge in [0, 0.05) is 38.2 Å². The fraction of sp³-hybridized carbons (Fsp3) is 0.273. The van der Waals surface area contributed by atoms with Crippen LogP contribution in [0, 0.1) is 0 Å². The van der Waals surface area contributed by atoms with E-state index < -0.39 is 0 Å². The predicted molar refractivity (Wildman–Crippen MR) is 110 cm³/mol. The van der Waals surface area contributed by atoms with Crippen molar-refractivity contribution in [2.45, 2.75) is 32.4 Å². The Morgan fingerprint density at radius 2 is 1.86 bits per heavy atom. The van der Waals surface area contributed by atoms with Crippen LogP contribution >= 0.6 is 0 Å². The maximum atomic E-state index is 13.1. The minimum absolute atomic E-state index is 0.199. The van der Waals surface area contributed by atoms with Crippen molar-refractivity contribution in [3.63, 3.8) is 0 Å². The maximum Gasteiger partial charge on any atom is 0.287 e. The molecule has 0 spiro atoms. The van der Waals surface area contributed by atoms with E-state index in [1.54, 1.807) is 24.3 Å². The Hall–Kier alpha value is -3.48. The van der Waals surface area contributed by atoms with Gasteiger partial charge in [0.2, 0.25) is 0 Å². The lowest BCUT2D eigenvalue weighted by molar-refractivity contribution is 0.0935. The molecule has 0 saturated carbocycles. The molecule has 1 N–H and O–H groups in total. The molecule has 2 amide bonds. The minimum atomic E-state index is -0.272. The zero-order chi connectivity index (χ0) is 20.2. The Morgan fingerprint density at radius 3 is 2.62 bits per heavy atom. The third-order valence-corrected chi connectivity index (χ3v) is 5.17. The molecule has 7 heteroatoms. The summed E-state index contributed by atoms with van der Waals surface area (Å²) in [6.07, 6.45) is 6.08. The van der Waals surface area contributed by atoms with Crippen LogP contribution < -0.4 is 10.2 Å². The Kier molecular flexibility index (Phi) is 5.37. The molecular formula is C22H23N5O2. The van der Waals surface area contributed by atoms with Gasteiger partial charge in [0.25, 0.3) is 11.8 Å². The van der Waals surface area contributed by atoms with Gasteiger partial charge in [-0.2, -0.15) is 0 Å². The van der Waals surface area contributed by atoms with E-state index in [4.69, 9.17) is 0 Å². The van der Waals surface area contributed by atoms with Crippen molar-refractivity contribution in [2.75, 3.05) is 11.9 Å². The van der Waals surface area contributed by atoms with Gasteiger partial charge in [0.05, 0.1) is 5.69 Å². The Balaban J connectivity index is 1.60. The van der Waals surface area contributed by atoms with Crippen LogP contribution in [-0.4, -0.2) is 33.4 Å². The van der Waals surface area contributed by atoms with Gasteiger partial charge in [-0.15, -0.1) is 0 Å². The van der Waals surface area contributed by atoms with Gasteiger partial charge in [-0.25, -0.2) is 4.98 Å². The molecule has 0 bridgehead atoms. The average molecular weight is 389 g/mol. The van der Waals surface area contributed by atoms with Crippen LogP contribution in [0.25, 0.3) is 0 Å². The molecule has 1 aliphatic heterocycles. The summed E-state index contributed by atoms with van der Waals surface area (Å²) in [6.45, 7) is 1.08. The normalized spacial score (nSPS) is 12.9. The van der Waals surface area contributed by atoms with Gasteiger partial charge in [-0.1, -0.05) is 18.2 Å². The van der Waals surface area contributed by atoms with E-state index >= 15 is 0 Å². The molecule has 0 radical (unpaired) electrons. The average Bonchev–Trinajstić information content (AvgIpc) is 3.17. The monoisotopic (exact) mass is 389 g/mol. The minimum Gasteiger partial charge on any atom is -0.345 e. The first-order valence-corrected chi connectivity index (χ1v) is 9.75. The van der Waals surface area contributed by atoms with E-state index in [9.17, 15) is 9.59 Å². The molecule has 0 fully saturated rings. The van der Waals surface area contributed by atoms with Crippen molar-refractivity contribution in [2.24, 2.45) is 0 Å². The Bertz CT molecular complexity index is 1010. The maximum absolute atomic E-state index is 13.1. The number of nitrogens with one attached hydrogen (secondary N) is 1. The van der Waals surface area contributed by atoms with Crippen LogP contribution in [0.3, 0.4) is 0 Å². The molecule has 148 valence electrons. The molecule has 0 saturated heterocycles. The highest BCUT2D eigenvalue weighted by Gasteiger charge is 2.29. The topological polar surface area (TPSA) is 80.1 Å². The fourth-order valence-electron chi connectivity index (χ4n) is 3.58. The number of benzene rings is 1. The number of para-hydroxylation sites is 1. The van der Waals surface area contributed by atoms with Gasteiger partial charge >= 0.3 is 0 Å². The molecule has 1 aliphatic rings. The summed E-state index contributed by atoms with van der Waals surface area (Å²) < 4.78 is 1.90. The summed E-state index contributed by atoms with van der Waals surface area (Å²) in [5.41, 5.74) is 2.96. The largest absolute Gasteiger partial charge is 0.345 e. The number of anilines is 1. The van der Waals surface area contributed by atoms with Crippen molar-refractivity contribution in [3.8, 4) is 0 Å². The second-order valence-corrected chi connectivity index (χ2v) is 7.08. The zero-order valence-corrected chi connectivity index (χ0v) is 16.3. The summed E-state index contributed by atoms with van der Waals surface area (Å²) in [5, 5.41) is 2.90. The van der Waals surface area contributed by atoms with Crippen LogP contribution in [0.4, 0.5) is 5.69 Å². The zero-order valence-electron chi connectivity index (χ0n) is 16.3. The molecule has 0 atom stereocenters. The summed E-state index contributed by atoms with van der Waals surface area (Å²) >= 11 is 0. The van der Waals surface area contributed by atoms with Gasteiger partial charge in [0.15, 0.2) is 11.5 Å². The van der Waals surface area contributed by atoms with Crippen LogP contribution in [0.15, 0.2) is 54.9 Å². The summed E-state index contributed by atoms with van der Waals surface area (Å²) in [4.78, 5) is 36.0. The number of hydrogen-bond acceptors (Lipinski definition) is 4. The molecule has 4 rings (SSSR count). The van der Waals surface area contributed by atoms with E-state index in [-0.39, 0.29) is 11.8 Å². The number of pyridine rings is 1. The number of imidazole rings is 1. The van der Waals surface area contributed by atoms with Crippen molar-refractivity contribution in [3.05, 3.63) is 77.6 Å². The molecule has 3 aromatic rings. The van der Waals surface area contributed by atoms with Gasteiger partial charge in [0.1, 0.15) is 0 Å².